The second-order valence-electron chi connectivity index (χ2n) is 7.18. The number of hydrogen-bond donors (Lipinski definition) is 2. The Morgan fingerprint density at radius 3 is 2.33 bits per heavy atom. The molecule has 0 aromatic rings. The van der Waals surface area contributed by atoms with Gasteiger partial charge in [-0.25, -0.2) is 9.59 Å². The molecule has 1 saturated heterocycles. The van der Waals surface area contributed by atoms with Crippen LogP contribution in [0.4, 0.5) is 4.79 Å². The smallest absolute Gasteiger partial charge is 0.326 e. The lowest BCUT2D eigenvalue weighted by atomic mass is 9.75. The lowest BCUT2D eigenvalue weighted by Gasteiger charge is -2.40. The van der Waals surface area contributed by atoms with E-state index < -0.39 is 18.1 Å². The molecule has 1 saturated carbocycles. The van der Waals surface area contributed by atoms with Crippen molar-refractivity contribution in [2.45, 2.75) is 64.1 Å². The summed E-state index contributed by atoms with van der Waals surface area (Å²) in [4.78, 5) is 26.7. The average molecular weight is 298 g/mol. The van der Waals surface area contributed by atoms with Crippen LogP contribution in [-0.2, 0) is 4.79 Å². The Balaban J connectivity index is 2.00. The molecule has 0 unspecified atom stereocenters. The molecule has 2 aliphatic rings. The molecule has 0 radical (unpaired) electrons. The van der Waals surface area contributed by atoms with E-state index in [-0.39, 0.29) is 25.0 Å². The number of hydrogen-bond acceptors (Lipinski definition) is 3. The summed E-state index contributed by atoms with van der Waals surface area (Å²) in [6, 6.07) is -1.02. The predicted molar refractivity (Wildman–Crippen MR) is 77.9 cm³/mol. The lowest BCUT2D eigenvalue weighted by Crippen LogP contribution is -2.51. The standard InChI is InChI=1S/C15H26N2O4/c1-15(2)6-4-10(5-7-15)16(3)14(21)17-9-11(18)8-12(17)13(19)20/h10-12,18H,4-9H2,1-3H3,(H,19,20)/t11-,12-/m1/s1. The number of carbonyl (C=O) groups is 2. The van der Waals surface area contributed by atoms with E-state index in [1.807, 2.05) is 0 Å². The SMILES string of the molecule is CN(C(=O)N1C[C@H](O)C[C@@H]1C(=O)O)C1CCC(C)(C)CC1. The Bertz CT molecular complexity index is 414. The number of carbonyl (C=O) groups excluding carboxylic acids is 1. The van der Waals surface area contributed by atoms with Gasteiger partial charge in [-0.2, -0.15) is 0 Å². The van der Waals surface area contributed by atoms with E-state index in [2.05, 4.69) is 13.8 Å². The Labute approximate surface area is 125 Å². The third-order valence-electron chi connectivity index (χ3n) is 4.97. The van der Waals surface area contributed by atoms with E-state index in [1.165, 1.54) is 4.90 Å². The van der Waals surface area contributed by atoms with Crippen molar-refractivity contribution in [3.8, 4) is 0 Å². The van der Waals surface area contributed by atoms with Crippen molar-refractivity contribution < 1.29 is 19.8 Å². The number of β-amino-alcohol motifs (C(OH)–C–C–N with tert-alkyl or cyclic N) is 1. The first kappa shape index (κ1) is 16.1. The fourth-order valence-electron chi connectivity index (χ4n) is 3.39. The molecule has 6 nitrogen and oxygen atoms in total. The molecule has 2 N–H and O–H groups in total. The number of carboxylic acid groups (broad SMARTS) is 1. The predicted octanol–water partition coefficient (Wildman–Crippen LogP) is 1.53. The molecular weight excluding hydrogens is 272 g/mol. The monoisotopic (exact) mass is 298 g/mol. The van der Waals surface area contributed by atoms with E-state index >= 15 is 0 Å². The van der Waals surface area contributed by atoms with E-state index in [9.17, 15) is 19.8 Å². The van der Waals surface area contributed by atoms with Crippen LogP contribution in [0, 0.1) is 5.41 Å². The van der Waals surface area contributed by atoms with E-state index in [4.69, 9.17) is 0 Å². The second-order valence-corrected chi connectivity index (χ2v) is 7.18. The molecule has 1 heterocycles. The van der Waals surface area contributed by atoms with Crippen molar-refractivity contribution in [3.05, 3.63) is 0 Å². The Kier molecular flexibility index (Phi) is 4.46. The van der Waals surface area contributed by atoms with Gasteiger partial charge < -0.3 is 20.0 Å². The topological polar surface area (TPSA) is 81.1 Å². The second kappa shape index (κ2) is 5.83. The molecule has 0 aromatic carbocycles. The van der Waals surface area contributed by atoms with Gasteiger partial charge in [-0.15, -0.1) is 0 Å². The van der Waals surface area contributed by atoms with Crippen LogP contribution in [0.3, 0.4) is 0 Å². The number of aliphatic hydroxyl groups excluding tert-OH is 1. The van der Waals surface area contributed by atoms with Crippen LogP contribution in [0.1, 0.15) is 46.0 Å². The zero-order valence-corrected chi connectivity index (χ0v) is 13.1. The van der Waals surface area contributed by atoms with Crippen molar-refractivity contribution in [2.24, 2.45) is 5.41 Å². The number of urea groups is 1. The molecule has 1 aliphatic heterocycles. The third-order valence-corrected chi connectivity index (χ3v) is 4.97. The highest BCUT2D eigenvalue weighted by atomic mass is 16.4. The largest absolute Gasteiger partial charge is 0.480 e. The molecule has 2 rings (SSSR count). The summed E-state index contributed by atoms with van der Waals surface area (Å²) >= 11 is 0. The molecular formula is C15H26N2O4. The van der Waals surface area contributed by atoms with Gasteiger partial charge in [-0.05, 0) is 31.1 Å². The Morgan fingerprint density at radius 2 is 1.81 bits per heavy atom. The fraction of sp³-hybridized carbons (Fsp3) is 0.867. The highest BCUT2D eigenvalue weighted by Gasteiger charge is 2.41. The number of amides is 2. The van der Waals surface area contributed by atoms with Gasteiger partial charge in [-0.3, -0.25) is 0 Å². The lowest BCUT2D eigenvalue weighted by molar-refractivity contribution is -0.141. The van der Waals surface area contributed by atoms with Gasteiger partial charge in [0.1, 0.15) is 6.04 Å². The van der Waals surface area contributed by atoms with Gasteiger partial charge in [0.2, 0.25) is 0 Å². The van der Waals surface area contributed by atoms with Crippen LogP contribution in [-0.4, -0.2) is 63.8 Å². The van der Waals surface area contributed by atoms with Crippen LogP contribution >= 0.6 is 0 Å². The summed E-state index contributed by atoms with van der Waals surface area (Å²) in [6.45, 7) is 4.59. The normalized spacial score (nSPS) is 29.4. The summed E-state index contributed by atoms with van der Waals surface area (Å²) in [7, 11) is 1.74. The van der Waals surface area contributed by atoms with Gasteiger partial charge in [0, 0.05) is 26.1 Å². The van der Waals surface area contributed by atoms with E-state index in [0.717, 1.165) is 25.7 Å². The number of likely N-dealkylation sites (tertiary alicyclic amines) is 1. The van der Waals surface area contributed by atoms with Crippen molar-refractivity contribution in [3.63, 3.8) is 0 Å². The Morgan fingerprint density at radius 1 is 1.24 bits per heavy atom. The minimum absolute atomic E-state index is 0.109. The van der Waals surface area contributed by atoms with Gasteiger partial charge >= 0.3 is 12.0 Å². The summed E-state index contributed by atoms with van der Waals surface area (Å²) in [5.41, 5.74) is 0.327. The van der Waals surface area contributed by atoms with Gasteiger partial charge in [-0.1, -0.05) is 13.8 Å². The van der Waals surface area contributed by atoms with E-state index in [0.29, 0.717) is 5.41 Å². The van der Waals surface area contributed by atoms with Gasteiger partial charge in [0.15, 0.2) is 0 Å². The zero-order valence-electron chi connectivity index (χ0n) is 13.1. The molecule has 2 amide bonds. The highest BCUT2D eigenvalue weighted by Crippen LogP contribution is 2.37. The maximum Gasteiger partial charge on any atom is 0.326 e. The van der Waals surface area contributed by atoms with Gasteiger partial charge in [0.25, 0.3) is 0 Å². The quantitative estimate of drug-likeness (QED) is 0.810. The van der Waals surface area contributed by atoms with Crippen LogP contribution < -0.4 is 0 Å². The zero-order chi connectivity index (χ0) is 15.8. The molecule has 2 fully saturated rings. The van der Waals surface area contributed by atoms with Crippen molar-refractivity contribution in [2.75, 3.05) is 13.6 Å². The van der Waals surface area contributed by atoms with Gasteiger partial charge in [0.05, 0.1) is 6.10 Å². The summed E-state index contributed by atoms with van der Waals surface area (Å²) in [5, 5.41) is 18.8. The minimum Gasteiger partial charge on any atom is -0.480 e. The maximum atomic E-state index is 12.5. The first-order valence-electron chi connectivity index (χ1n) is 7.65. The maximum absolute atomic E-state index is 12.5. The van der Waals surface area contributed by atoms with Crippen LogP contribution in [0.25, 0.3) is 0 Å². The fourth-order valence-corrected chi connectivity index (χ4v) is 3.39. The summed E-state index contributed by atoms with van der Waals surface area (Å²) in [5.74, 6) is -1.04. The first-order chi connectivity index (χ1) is 9.71. The summed E-state index contributed by atoms with van der Waals surface area (Å²) in [6.07, 6.45) is 3.41. The molecule has 6 heteroatoms. The number of aliphatic carboxylic acids is 1. The van der Waals surface area contributed by atoms with Crippen LogP contribution in [0.5, 0.6) is 0 Å². The Hall–Kier alpha value is -1.30. The molecule has 0 bridgehead atoms. The number of rotatable bonds is 2. The van der Waals surface area contributed by atoms with Crippen LogP contribution in [0.2, 0.25) is 0 Å². The molecule has 21 heavy (non-hydrogen) atoms. The van der Waals surface area contributed by atoms with E-state index in [1.54, 1.807) is 11.9 Å². The third kappa shape index (κ3) is 3.48. The number of nitrogens with zero attached hydrogens (tertiary/aromatic N) is 2. The minimum atomic E-state index is -1.04. The van der Waals surface area contributed by atoms with Crippen molar-refractivity contribution >= 4 is 12.0 Å². The summed E-state index contributed by atoms with van der Waals surface area (Å²) < 4.78 is 0. The average Bonchev–Trinajstić information content (AvgIpc) is 2.79. The van der Waals surface area contributed by atoms with Crippen molar-refractivity contribution in [1.82, 2.24) is 9.80 Å². The molecule has 0 spiro atoms. The molecule has 1 aliphatic carbocycles. The van der Waals surface area contributed by atoms with Crippen molar-refractivity contribution in [1.29, 1.82) is 0 Å². The van der Waals surface area contributed by atoms with Crippen LogP contribution in [0.15, 0.2) is 0 Å². The molecule has 0 aromatic heterocycles. The number of carboxylic acids is 1. The molecule has 2 atom stereocenters. The number of aliphatic hydroxyl groups is 1. The first-order valence-corrected chi connectivity index (χ1v) is 7.65. The highest BCUT2D eigenvalue weighted by molar-refractivity contribution is 5.83. The molecule has 120 valence electrons.